The summed E-state index contributed by atoms with van der Waals surface area (Å²) in [6, 6.07) is 12.6. The summed E-state index contributed by atoms with van der Waals surface area (Å²) in [5, 5.41) is 3.60. The smallest absolute Gasteiger partial charge is 0.246 e. The quantitative estimate of drug-likeness (QED) is 0.772. The van der Waals surface area contributed by atoms with Crippen LogP contribution in [0, 0.1) is 5.92 Å². The molecule has 0 saturated carbocycles. The zero-order chi connectivity index (χ0) is 20.2. The zero-order valence-electron chi connectivity index (χ0n) is 15.8. The highest BCUT2D eigenvalue weighted by atomic mass is 35.5. The van der Waals surface area contributed by atoms with Crippen LogP contribution in [0.2, 0.25) is 5.02 Å². The lowest BCUT2D eigenvalue weighted by Gasteiger charge is -2.30. The number of likely N-dealkylation sites (tertiary alicyclic amines) is 1. The van der Waals surface area contributed by atoms with Gasteiger partial charge in [-0.25, -0.2) is 0 Å². The average molecular weight is 413 g/mol. The second-order valence-electron chi connectivity index (χ2n) is 7.04. The number of nitrogens with one attached hydrogen (secondary N) is 1. The molecule has 1 saturated heterocycles. The van der Waals surface area contributed by atoms with Crippen LogP contribution in [-0.2, 0) is 9.59 Å². The molecule has 1 fully saturated rings. The fraction of sp³-hybridized carbons (Fsp3) is 0.273. The summed E-state index contributed by atoms with van der Waals surface area (Å²) in [7, 11) is 0. The van der Waals surface area contributed by atoms with Gasteiger partial charge in [-0.15, -0.1) is 0 Å². The topological polar surface area (TPSA) is 67.9 Å². The van der Waals surface area contributed by atoms with Gasteiger partial charge in [0.2, 0.25) is 18.6 Å². The molecule has 2 aliphatic heterocycles. The van der Waals surface area contributed by atoms with Gasteiger partial charge in [-0.3, -0.25) is 9.59 Å². The molecule has 7 heteroatoms. The molecule has 6 nitrogen and oxygen atoms in total. The number of nitrogens with zero attached hydrogens (tertiary/aromatic N) is 1. The molecule has 0 radical (unpaired) electrons. The Kier molecular flexibility index (Phi) is 5.71. The third-order valence-electron chi connectivity index (χ3n) is 5.11. The number of carbonyl (C=O) groups is 2. The normalized spacial score (nSPS) is 16.2. The van der Waals surface area contributed by atoms with Crippen LogP contribution < -0.4 is 14.8 Å². The van der Waals surface area contributed by atoms with Crippen molar-refractivity contribution < 1.29 is 19.1 Å². The van der Waals surface area contributed by atoms with E-state index >= 15 is 0 Å². The van der Waals surface area contributed by atoms with Crippen LogP contribution in [-0.4, -0.2) is 36.6 Å². The predicted octanol–water partition coefficient (Wildman–Crippen LogP) is 3.96. The molecule has 2 amide bonds. The largest absolute Gasteiger partial charge is 0.454 e. The maximum Gasteiger partial charge on any atom is 0.246 e. The number of benzene rings is 2. The molecule has 2 aromatic carbocycles. The summed E-state index contributed by atoms with van der Waals surface area (Å²) in [6.07, 6.45) is 4.61. The third kappa shape index (κ3) is 4.71. The highest BCUT2D eigenvalue weighted by Crippen LogP contribution is 2.34. The lowest BCUT2D eigenvalue weighted by molar-refractivity contribution is -0.130. The van der Waals surface area contributed by atoms with Crippen molar-refractivity contribution >= 4 is 35.2 Å². The van der Waals surface area contributed by atoms with Gasteiger partial charge in [0.15, 0.2) is 11.5 Å². The summed E-state index contributed by atoms with van der Waals surface area (Å²) in [5.74, 6) is 1.11. The second-order valence-corrected chi connectivity index (χ2v) is 7.48. The van der Waals surface area contributed by atoms with E-state index in [1.165, 1.54) is 0 Å². The Balaban J connectivity index is 1.27. The maximum absolute atomic E-state index is 12.6. The van der Waals surface area contributed by atoms with Gasteiger partial charge in [-0.05, 0) is 48.7 Å². The van der Waals surface area contributed by atoms with Gasteiger partial charge in [0.05, 0.1) is 0 Å². The molecule has 0 unspecified atom stereocenters. The van der Waals surface area contributed by atoms with Crippen LogP contribution in [0.3, 0.4) is 0 Å². The maximum atomic E-state index is 12.6. The monoisotopic (exact) mass is 412 g/mol. The van der Waals surface area contributed by atoms with E-state index in [0.717, 1.165) is 5.56 Å². The zero-order valence-corrected chi connectivity index (χ0v) is 16.5. The average Bonchev–Trinajstić information content (AvgIpc) is 3.21. The molecule has 0 aromatic heterocycles. The molecule has 29 heavy (non-hydrogen) atoms. The Morgan fingerprint density at radius 2 is 1.76 bits per heavy atom. The number of halogens is 1. The summed E-state index contributed by atoms with van der Waals surface area (Å²) in [4.78, 5) is 26.7. The first-order chi connectivity index (χ1) is 14.1. The lowest BCUT2D eigenvalue weighted by Crippen LogP contribution is -2.40. The molecule has 2 aliphatic rings. The van der Waals surface area contributed by atoms with Crippen LogP contribution in [0.15, 0.2) is 48.5 Å². The van der Waals surface area contributed by atoms with Crippen molar-refractivity contribution in [2.24, 2.45) is 5.92 Å². The van der Waals surface area contributed by atoms with Gasteiger partial charge < -0.3 is 19.7 Å². The molecule has 0 bridgehead atoms. The van der Waals surface area contributed by atoms with Crippen LogP contribution in [0.4, 0.5) is 5.69 Å². The molecule has 1 N–H and O–H groups in total. The Bertz CT molecular complexity index is 934. The minimum atomic E-state index is -0.121. The number of fused-ring (bicyclic) bond motifs is 1. The molecule has 2 aromatic rings. The van der Waals surface area contributed by atoms with Gasteiger partial charge in [-0.2, -0.15) is 0 Å². The first-order valence-electron chi connectivity index (χ1n) is 9.51. The fourth-order valence-corrected chi connectivity index (χ4v) is 3.55. The van der Waals surface area contributed by atoms with Crippen molar-refractivity contribution in [3.63, 3.8) is 0 Å². The summed E-state index contributed by atoms with van der Waals surface area (Å²) in [6.45, 7) is 1.32. The van der Waals surface area contributed by atoms with E-state index < -0.39 is 0 Å². The van der Waals surface area contributed by atoms with Crippen LogP contribution in [0.25, 0.3) is 6.08 Å². The van der Waals surface area contributed by atoms with E-state index in [-0.39, 0.29) is 24.5 Å². The fourth-order valence-electron chi connectivity index (χ4n) is 3.43. The molecular weight excluding hydrogens is 392 g/mol. The number of hydrogen-bond donors (Lipinski definition) is 1. The summed E-state index contributed by atoms with van der Waals surface area (Å²) >= 11 is 5.87. The van der Waals surface area contributed by atoms with Crippen LogP contribution >= 0.6 is 11.6 Å². The Labute approximate surface area is 174 Å². The van der Waals surface area contributed by atoms with Crippen molar-refractivity contribution in [1.29, 1.82) is 0 Å². The van der Waals surface area contributed by atoms with Crippen molar-refractivity contribution in [3.05, 3.63) is 59.1 Å². The highest BCUT2D eigenvalue weighted by Gasteiger charge is 2.27. The molecule has 2 heterocycles. The lowest BCUT2D eigenvalue weighted by atomic mass is 9.95. The second kappa shape index (κ2) is 8.57. The Hall–Kier alpha value is -2.99. The minimum Gasteiger partial charge on any atom is -0.454 e. The van der Waals surface area contributed by atoms with Crippen molar-refractivity contribution in [1.82, 2.24) is 4.90 Å². The van der Waals surface area contributed by atoms with Crippen LogP contribution in [0.5, 0.6) is 11.5 Å². The molecule has 0 atom stereocenters. The van der Waals surface area contributed by atoms with Gasteiger partial charge in [-0.1, -0.05) is 23.7 Å². The first-order valence-corrected chi connectivity index (χ1v) is 9.89. The molecule has 0 aliphatic carbocycles. The van der Waals surface area contributed by atoms with E-state index in [0.29, 0.717) is 48.1 Å². The van der Waals surface area contributed by atoms with Crippen molar-refractivity contribution in [3.8, 4) is 11.5 Å². The highest BCUT2D eigenvalue weighted by molar-refractivity contribution is 6.30. The van der Waals surface area contributed by atoms with Gasteiger partial charge in [0.1, 0.15) is 0 Å². The van der Waals surface area contributed by atoms with E-state index in [1.54, 1.807) is 47.4 Å². The number of anilines is 1. The molecule has 4 rings (SSSR count). The van der Waals surface area contributed by atoms with E-state index in [1.807, 2.05) is 12.1 Å². The minimum absolute atomic E-state index is 0.0346. The number of amides is 2. The summed E-state index contributed by atoms with van der Waals surface area (Å²) < 4.78 is 10.6. The molecule has 150 valence electrons. The van der Waals surface area contributed by atoms with E-state index in [2.05, 4.69) is 5.32 Å². The standard InChI is InChI=1S/C22H21ClN2O4/c23-17-4-1-15(2-5-17)3-8-21(26)25-11-9-16(10-12-25)22(27)24-18-6-7-19-20(13-18)29-14-28-19/h1-8,13,16H,9-12,14H2,(H,24,27). The van der Waals surface area contributed by atoms with Crippen LogP contribution in [0.1, 0.15) is 18.4 Å². The SMILES string of the molecule is O=C(Nc1ccc2c(c1)OCO2)C1CCN(C(=O)C=Cc2ccc(Cl)cc2)CC1. The number of ether oxygens (including phenoxy) is 2. The summed E-state index contributed by atoms with van der Waals surface area (Å²) in [5.41, 5.74) is 1.60. The number of hydrogen-bond acceptors (Lipinski definition) is 4. The van der Waals surface area contributed by atoms with E-state index in [4.69, 9.17) is 21.1 Å². The van der Waals surface area contributed by atoms with Crippen molar-refractivity contribution in [2.75, 3.05) is 25.2 Å². The first kappa shape index (κ1) is 19.3. The molecule has 0 spiro atoms. The predicted molar refractivity (Wildman–Crippen MR) is 111 cm³/mol. The Morgan fingerprint density at radius 1 is 1.03 bits per heavy atom. The number of piperidine rings is 1. The van der Waals surface area contributed by atoms with Crippen molar-refractivity contribution in [2.45, 2.75) is 12.8 Å². The van der Waals surface area contributed by atoms with Gasteiger partial charge in [0, 0.05) is 41.9 Å². The van der Waals surface area contributed by atoms with E-state index in [9.17, 15) is 9.59 Å². The number of carbonyl (C=O) groups excluding carboxylic acids is 2. The van der Waals surface area contributed by atoms with Gasteiger partial charge >= 0.3 is 0 Å². The Morgan fingerprint density at radius 3 is 2.52 bits per heavy atom. The number of rotatable bonds is 4. The van der Waals surface area contributed by atoms with Gasteiger partial charge in [0.25, 0.3) is 0 Å². The molecular formula is C22H21ClN2O4. The third-order valence-corrected chi connectivity index (χ3v) is 5.36.